The SMILES string of the molecule is CNC(=O)c1c(O)ccn(C)c1=O. The van der Waals surface area contributed by atoms with Gasteiger partial charge in [-0.05, 0) is 6.07 Å². The van der Waals surface area contributed by atoms with E-state index in [2.05, 4.69) is 5.32 Å². The average molecular weight is 182 g/mol. The van der Waals surface area contributed by atoms with Gasteiger partial charge in [-0.15, -0.1) is 0 Å². The highest BCUT2D eigenvalue weighted by molar-refractivity contribution is 5.96. The van der Waals surface area contributed by atoms with Gasteiger partial charge in [0, 0.05) is 20.3 Å². The van der Waals surface area contributed by atoms with Crippen molar-refractivity contribution in [2.24, 2.45) is 7.05 Å². The van der Waals surface area contributed by atoms with Crippen molar-refractivity contribution < 1.29 is 9.90 Å². The minimum Gasteiger partial charge on any atom is -0.507 e. The topological polar surface area (TPSA) is 71.3 Å². The Hall–Kier alpha value is -1.78. The summed E-state index contributed by atoms with van der Waals surface area (Å²) in [5.41, 5.74) is -0.744. The van der Waals surface area contributed by atoms with E-state index in [1.807, 2.05) is 0 Å². The molecule has 13 heavy (non-hydrogen) atoms. The fourth-order valence-electron chi connectivity index (χ4n) is 0.958. The Labute approximate surface area is 74.6 Å². The van der Waals surface area contributed by atoms with Crippen LogP contribution in [0.3, 0.4) is 0 Å². The van der Waals surface area contributed by atoms with Gasteiger partial charge in [0.2, 0.25) is 0 Å². The first-order chi connectivity index (χ1) is 6.07. The molecular formula is C8H10N2O3. The largest absolute Gasteiger partial charge is 0.507 e. The Morgan fingerprint density at radius 3 is 2.77 bits per heavy atom. The molecule has 2 N–H and O–H groups in total. The number of hydrogen-bond acceptors (Lipinski definition) is 3. The zero-order valence-corrected chi connectivity index (χ0v) is 7.37. The first-order valence-electron chi connectivity index (χ1n) is 3.68. The molecule has 0 aliphatic rings. The molecule has 0 saturated carbocycles. The summed E-state index contributed by atoms with van der Waals surface area (Å²) in [4.78, 5) is 22.5. The molecule has 0 saturated heterocycles. The minimum atomic E-state index is -0.585. The number of amides is 1. The van der Waals surface area contributed by atoms with Crippen LogP contribution in [0, 0.1) is 0 Å². The maximum Gasteiger partial charge on any atom is 0.266 e. The van der Waals surface area contributed by atoms with E-state index in [9.17, 15) is 14.7 Å². The fraction of sp³-hybridized carbons (Fsp3) is 0.250. The molecule has 0 aliphatic carbocycles. The lowest BCUT2D eigenvalue weighted by atomic mass is 10.2. The predicted molar refractivity (Wildman–Crippen MR) is 46.7 cm³/mol. The van der Waals surface area contributed by atoms with Crippen molar-refractivity contribution >= 4 is 5.91 Å². The summed E-state index contributed by atoms with van der Waals surface area (Å²) in [7, 11) is 2.91. The lowest BCUT2D eigenvalue weighted by molar-refractivity contribution is 0.0958. The van der Waals surface area contributed by atoms with Crippen LogP contribution in [0.5, 0.6) is 5.75 Å². The Bertz CT molecular complexity index is 395. The van der Waals surface area contributed by atoms with Gasteiger partial charge in [-0.2, -0.15) is 0 Å². The number of aryl methyl sites for hydroxylation is 1. The third-order valence-corrected chi connectivity index (χ3v) is 1.70. The standard InChI is InChI=1S/C8H10N2O3/c1-9-7(12)6-5(11)3-4-10(2)8(6)13/h3-4,11H,1-2H3,(H,9,12). The molecule has 1 aromatic heterocycles. The van der Waals surface area contributed by atoms with Crippen LogP contribution in [0.15, 0.2) is 17.1 Å². The molecular weight excluding hydrogens is 172 g/mol. The maximum atomic E-state index is 11.3. The first kappa shape index (κ1) is 9.31. The summed E-state index contributed by atoms with van der Waals surface area (Å²) in [5.74, 6) is -0.888. The van der Waals surface area contributed by atoms with Crippen LogP contribution in [0.2, 0.25) is 0 Å². The molecule has 5 heteroatoms. The van der Waals surface area contributed by atoms with Gasteiger partial charge in [0.25, 0.3) is 11.5 Å². The van der Waals surface area contributed by atoms with Gasteiger partial charge >= 0.3 is 0 Å². The van der Waals surface area contributed by atoms with Crippen LogP contribution in [0.25, 0.3) is 0 Å². The monoisotopic (exact) mass is 182 g/mol. The normalized spacial score (nSPS) is 9.69. The van der Waals surface area contributed by atoms with Crippen LogP contribution in [0.1, 0.15) is 10.4 Å². The minimum absolute atomic E-state index is 0.229. The number of aromatic hydroxyl groups is 1. The van der Waals surface area contributed by atoms with E-state index in [1.165, 1.54) is 30.9 Å². The fourth-order valence-corrected chi connectivity index (χ4v) is 0.958. The Morgan fingerprint density at radius 2 is 2.23 bits per heavy atom. The van der Waals surface area contributed by atoms with E-state index in [0.29, 0.717) is 0 Å². The maximum absolute atomic E-state index is 11.3. The highest BCUT2D eigenvalue weighted by Gasteiger charge is 2.14. The first-order valence-corrected chi connectivity index (χ1v) is 3.68. The Morgan fingerprint density at radius 1 is 1.62 bits per heavy atom. The van der Waals surface area contributed by atoms with Crippen LogP contribution in [-0.2, 0) is 7.05 Å². The summed E-state index contributed by atoms with van der Waals surface area (Å²) in [5, 5.41) is 11.5. The van der Waals surface area contributed by atoms with Gasteiger partial charge in [-0.1, -0.05) is 0 Å². The van der Waals surface area contributed by atoms with Gasteiger partial charge in [-0.3, -0.25) is 9.59 Å². The van der Waals surface area contributed by atoms with Crippen molar-refractivity contribution in [2.45, 2.75) is 0 Å². The van der Waals surface area contributed by atoms with Gasteiger partial charge in [0.15, 0.2) is 0 Å². The van der Waals surface area contributed by atoms with Crippen LogP contribution in [-0.4, -0.2) is 22.6 Å². The van der Waals surface area contributed by atoms with Gasteiger partial charge in [0.05, 0.1) is 0 Å². The summed E-state index contributed by atoms with van der Waals surface area (Å²) >= 11 is 0. The van der Waals surface area contributed by atoms with Gasteiger partial charge in [0.1, 0.15) is 11.3 Å². The van der Waals surface area contributed by atoms with E-state index in [4.69, 9.17) is 0 Å². The third kappa shape index (κ3) is 1.53. The highest BCUT2D eigenvalue weighted by Crippen LogP contribution is 2.10. The summed E-state index contributed by atoms with van der Waals surface area (Å²) in [6, 6.07) is 1.30. The van der Waals surface area contributed by atoms with E-state index >= 15 is 0 Å². The number of nitrogens with one attached hydrogen (secondary N) is 1. The van der Waals surface area contributed by atoms with Crippen molar-refractivity contribution in [3.05, 3.63) is 28.2 Å². The van der Waals surface area contributed by atoms with Crippen LogP contribution >= 0.6 is 0 Å². The van der Waals surface area contributed by atoms with Crippen LogP contribution < -0.4 is 10.9 Å². The summed E-state index contributed by atoms with van der Waals surface area (Å²) < 4.78 is 1.23. The molecule has 70 valence electrons. The molecule has 0 unspecified atom stereocenters. The molecule has 1 aromatic rings. The van der Waals surface area contributed by atoms with Crippen molar-refractivity contribution in [3.63, 3.8) is 0 Å². The van der Waals surface area contributed by atoms with E-state index in [0.717, 1.165) is 0 Å². The molecule has 0 aliphatic heterocycles. The van der Waals surface area contributed by atoms with E-state index < -0.39 is 11.5 Å². The van der Waals surface area contributed by atoms with Crippen molar-refractivity contribution in [2.75, 3.05) is 7.05 Å². The predicted octanol–water partition coefficient (Wildman–Crippen LogP) is -0.549. The number of aromatic nitrogens is 1. The third-order valence-electron chi connectivity index (χ3n) is 1.70. The van der Waals surface area contributed by atoms with E-state index in [1.54, 1.807) is 0 Å². The quantitative estimate of drug-likeness (QED) is 0.612. The zero-order valence-electron chi connectivity index (χ0n) is 7.37. The van der Waals surface area contributed by atoms with Gasteiger partial charge in [-0.25, -0.2) is 0 Å². The number of carbonyl (C=O) groups excluding carboxylic acids is 1. The molecule has 0 atom stereocenters. The molecule has 0 fully saturated rings. The Kier molecular flexibility index (Phi) is 2.36. The number of carbonyl (C=O) groups is 1. The number of rotatable bonds is 1. The lowest BCUT2D eigenvalue weighted by Crippen LogP contribution is -2.29. The van der Waals surface area contributed by atoms with Crippen LogP contribution in [0.4, 0.5) is 0 Å². The van der Waals surface area contributed by atoms with Gasteiger partial charge < -0.3 is 15.0 Å². The molecule has 0 aromatic carbocycles. The number of hydrogen-bond donors (Lipinski definition) is 2. The second kappa shape index (κ2) is 3.30. The van der Waals surface area contributed by atoms with Crippen molar-refractivity contribution in [3.8, 4) is 5.75 Å². The lowest BCUT2D eigenvalue weighted by Gasteiger charge is -2.03. The number of nitrogens with zero attached hydrogens (tertiary/aromatic N) is 1. The Balaban J connectivity index is 3.43. The smallest absolute Gasteiger partial charge is 0.266 e. The van der Waals surface area contributed by atoms with Crippen molar-refractivity contribution in [1.82, 2.24) is 9.88 Å². The van der Waals surface area contributed by atoms with E-state index in [-0.39, 0.29) is 11.3 Å². The molecule has 1 amide bonds. The molecule has 0 bridgehead atoms. The summed E-state index contributed by atoms with van der Waals surface area (Å²) in [6.45, 7) is 0. The zero-order chi connectivity index (χ0) is 10.0. The summed E-state index contributed by atoms with van der Waals surface area (Å²) in [6.07, 6.45) is 1.39. The van der Waals surface area contributed by atoms with Crippen molar-refractivity contribution in [1.29, 1.82) is 0 Å². The second-order valence-corrected chi connectivity index (χ2v) is 2.57. The molecule has 5 nitrogen and oxygen atoms in total. The molecule has 0 radical (unpaired) electrons. The average Bonchev–Trinajstić information content (AvgIpc) is 2.12. The number of pyridine rings is 1. The molecule has 1 rings (SSSR count). The molecule has 0 spiro atoms. The molecule has 1 heterocycles. The highest BCUT2D eigenvalue weighted by atomic mass is 16.3. The second-order valence-electron chi connectivity index (χ2n) is 2.57.